The first-order valence-electron chi connectivity index (χ1n) is 4.94. The van der Waals surface area contributed by atoms with E-state index in [1.54, 1.807) is 19.1 Å². The van der Waals surface area contributed by atoms with Gasteiger partial charge in [-0.1, -0.05) is 23.6 Å². The number of carbonyl (C=O) groups excluding carboxylic acids is 2. The van der Waals surface area contributed by atoms with Gasteiger partial charge in [-0.3, -0.25) is 4.79 Å². The Morgan fingerprint density at radius 1 is 1.47 bits per heavy atom. The number of hydrogen-bond acceptors (Lipinski definition) is 5. The van der Waals surface area contributed by atoms with Crippen LogP contribution in [0.5, 0.6) is 0 Å². The van der Waals surface area contributed by atoms with Gasteiger partial charge in [-0.25, -0.2) is 4.79 Å². The summed E-state index contributed by atoms with van der Waals surface area (Å²) in [6, 6.07) is 3.49. The van der Waals surface area contributed by atoms with E-state index in [9.17, 15) is 9.59 Å². The number of thiophene rings is 1. The maximum Gasteiger partial charge on any atom is 0.348 e. The summed E-state index contributed by atoms with van der Waals surface area (Å²) in [6.07, 6.45) is 0.662. The Kier molecular flexibility index (Phi) is 5.81. The van der Waals surface area contributed by atoms with Crippen molar-refractivity contribution in [2.45, 2.75) is 13.3 Å². The summed E-state index contributed by atoms with van der Waals surface area (Å²) in [5.74, 6) is 6.28. The van der Waals surface area contributed by atoms with Crippen molar-refractivity contribution < 1.29 is 14.3 Å². The normalized spacial score (nSPS) is 9.29. The average Bonchev–Trinajstić information content (AvgIpc) is 2.76. The predicted molar refractivity (Wildman–Crippen MR) is 70.3 cm³/mol. The van der Waals surface area contributed by atoms with E-state index in [1.807, 2.05) is 0 Å². The molecule has 0 atom stereocenters. The van der Waals surface area contributed by atoms with Crippen LogP contribution in [0, 0.1) is 11.8 Å². The predicted octanol–water partition coefficient (Wildman–Crippen LogP) is 2.56. The summed E-state index contributed by atoms with van der Waals surface area (Å²) in [5.41, 5.74) is 0. The lowest BCUT2D eigenvalue weighted by atomic mass is 10.4. The first kappa shape index (κ1) is 13.8. The van der Waals surface area contributed by atoms with Gasteiger partial charge in [-0.05, 0) is 12.1 Å². The topological polar surface area (TPSA) is 43.4 Å². The van der Waals surface area contributed by atoms with Gasteiger partial charge < -0.3 is 4.74 Å². The molecule has 1 heterocycles. The fourth-order valence-electron chi connectivity index (χ4n) is 1.01. The van der Waals surface area contributed by atoms with Gasteiger partial charge in [-0.15, -0.1) is 11.3 Å². The van der Waals surface area contributed by atoms with Gasteiger partial charge in [0.05, 0.1) is 12.0 Å². The molecule has 0 aromatic carbocycles. The molecule has 0 spiro atoms. The van der Waals surface area contributed by atoms with Crippen molar-refractivity contribution in [2.24, 2.45) is 0 Å². The number of ether oxygens (including phenoxy) is 1. The van der Waals surface area contributed by atoms with E-state index >= 15 is 0 Å². The number of methoxy groups -OCH3 is 1. The lowest BCUT2D eigenvalue weighted by molar-refractivity contribution is -0.109. The second-order valence-electron chi connectivity index (χ2n) is 3.05. The van der Waals surface area contributed by atoms with Gasteiger partial charge in [0, 0.05) is 19.1 Å². The Morgan fingerprint density at radius 2 is 2.24 bits per heavy atom. The fraction of sp³-hybridized carbons (Fsp3) is 0.333. The van der Waals surface area contributed by atoms with E-state index in [2.05, 4.69) is 16.6 Å². The summed E-state index contributed by atoms with van der Waals surface area (Å²) in [7, 11) is 1.35. The molecule has 17 heavy (non-hydrogen) atoms. The van der Waals surface area contributed by atoms with E-state index in [4.69, 9.17) is 0 Å². The van der Waals surface area contributed by atoms with Crippen molar-refractivity contribution >= 4 is 34.2 Å². The number of rotatable bonds is 3. The zero-order valence-electron chi connectivity index (χ0n) is 9.61. The van der Waals surface area contributed by atoms with Crippen LogP contribution in [-0.4, -0.2) is 23.9 Å². The molecule has 5 heteroatoms. The standard InChI is InChI=1S/C12H12O3S2/c1-9(13)16-8-4-3-5-10-6-7-11(17-10)12(14)15-2/h6-7H,4,8H2,1-2H3. The van der Waals surface area contributed by atoms with Crippen molar-refractivity contribution in [3.63, 3.8) is 0 Å². The molecule has 0 aliphatic rings. The van der Waals surface area contributed by atoms with Gasteiger partial charge in [0.25, 0.3) is 0 Å². The maximum absolute atomic E-state index is 11.2. The van der Waals surface area contributed by atoms with Crippen LogP contribution >= 0.6 is 23.1 Å². The van der Waals surface area contributed by atoms with Crippen LogP contribution < -0.4 is 0 Å². The Bertz CT molecular complexity index is 466. The van der Waals surface area contributed by atoms with Crippen LogP contribution in [0.25, 0.3) is 0 Å². The molecule has 0 aliphatic carbocycles. The van der Waals surface area contributed by atoms with Crippen LogP contribution in [0.2, 0.25) is 0 Å². The Labute approximate surface area is 109 Å². The zero-order chi connectivity index (χ0) is 12.7. The molecule has 0 unspecified atom stereocenters. The molecule has 1 aromatic rings. The van der Waals surface area contributed by atoms with Gasteiger partial charge in [0.15, 0.2) is 5.12 Å². The Hall–Kier alpha value is -1.25. The highest BCUT2D eigenvalue weighted by atomic mass is 32.2. The Morgan fingerprint density at radius 3 is 2.88 bits per heavy atom. The highest BCUT2D eigenvalue weighted by Gasteiger charge is 2.07. The molecule has 0 aliphatic heterocycles. The molecule has 0 amide bonds. The largest absolute Gasteiger partial charge is 0.465 e. The molecule has 1 aromatic heterocycles. The van der Waals surface area contributed by atoms with Crippen LogP contribution in [0.15, 0.2) is 12.1 Å². The number of thioether (sulfide) groups is 1. The van der Waals surface area contributed by atoms with Gasteiger partial charge >= 0.3 is 5.97 Å². The van der Waals surface area contributed by atoms with E-state index in [1.165, 1.54) is 30.2 Å². The molecule has 90 valence electrons. The second kappa shape index (κ2) is 7.15. The molecule has 0 radical (unpaired) electrons. The monoisotopic (exact) mass is 268 g/mol. The minimum atomic E-state index is -0.338. The van der Waals surface area contributed by atoms with Gasteiger partial charge in [-0.2, -0.15) is 0 Å². The van der Waals surface area contributed by atoms with Crippen molar-refractivity contribution in [3.05, 3.63) is 21.9 Å². The first-order chi connectivity index (χ1) is 8.13. The smallest absolute Gasteiger partial charge is 0.348 e. The third kappa shape index (κ3) is 5.07. The lowest BCUT2D eigenvalue weighted by Crippen LogP contribution is -1.96. The van der Waals surface area contributed by atoms with E-state index in [0.29, 0.717) is 17.1 Å². The number of esters is 1. The lowest BCUT2D eigenvalue weighted by Gasteiger charge is -1.90. The minimum Gasteiger partial charge on any atom is -0.465 e. The minimum absolute atomic E-state index is 0.107. The van der Waals surface area contributed by atoms with Crippen molar-refractivity contribution in [1.29, 1.82) is 0 Å². The molecular formula is C12H12O3S2. The molecular weight excluding hydrogens is 256 g/mol. The Balaban J connectivity index is 2.46. The summed E-state index contributed by atoms with van der Waals surface area (Å²) in [5, 5.41) is 0.107. The number of carbonyl (C=O) groups is 2. The van der Waals surface area contributed by atoms with Crippen molar-refractivity contribution in [2.75, 3.05) is 12.9 Å². The first-order valence-corrected chi connectivity index (χ1v) is 6.74. The third-order valence-corrected chi connectivity index (χ3v) is 3.53. The van der Waals surface area contributed by atoms with Crippen LogP contribution in [0.1, 0.15) is 27.9 Å². The molecule has 0 N–H and O–H groups in total. The molecule has 3 nitrogen and oxygen atoms in total. The van der Waals surface area contributed by atoms with Gasteiger partial charge in [0.2, 0.25) is 0 Å². The highest BCUT2D eigenvalue weighted by Crippen LogP contribution is 2.16. The van der Waals surface area contributed by atoms with Crippen molar-refractivity contribution in [1.82, 2.24) is 0 Å². The van der Waals surface area contributed by atoms with Crippen LogP contribution in [-0.2, 0) is 9.53 Å². The van der Waals surface area contributed by atoms with Crippen LogP contribution in [0.4, 0.5) is 0 Å². The molecule has 0 bridgehead atoms. The quantitative estimate of drug-likeness (QED) is 0.480. The second-order valence-corrected chi connectivity index (χ2v) is 5.40. The summed E-state index contributed by atoms with van der Waals surface area (Å²) in [6.45, 7) is 1.54. The number of hydrogen-bond donors (Lipinski definition) is 0. The third-order valence-electron chi connectivity index (χ3n) is 1.74. The van der Waals surface area contributed by atoms with Gasteiger partial charge in [0.1, 0.15) is 4.88 Å². The summed E-state index contributed by atoms with van der Waals surface area (Å²) >= 11 is 2.58. The SMILES string of the molecule is COC(=O)c1ccc(C#CCCSC(C)=O)s1. The fourth-order valence-corrected chi connectivity index (χ4v) is 2.30. The molecule has 0 saturated carbocycles. The molecule has 0 fully saturated rings. The van der Waals surface area contributed by atoms with Crippen molar-refractivity contribution in [3.8, 4) is 11.8 Å². The zero-order valence-corrected chi connectivity index (χ0v) is 11.2. The summed E-state index contributed by atoms with van der Waals surface area (Å²) in [4.78, 5) is 23.2. The molecule has 1 rings (SSSR count). The molecule has 0 saturated heterocycles. The van der Waals surface area contributed by atoms with E-state index in [-0.39, 0.29) is 11.1 Å². The summed E-state index contributed by atoms with van der Waals surface area (Å²) < 4.78 is 4.60. The average molecular weight is 268 g/mol. The van der Waals surface area contributed by atoms with E-state index < -0.39 is 0 Å². The maximum atomic E-state index is 11.2. The van der Waals surface area contributed by atoms with E-state index in [0.717, 1.165) is 4.88 Å². The van der Waals surface area contributed by atoms with Crippen LogP contribution in [0.3, 0.4) is 0 Å². The highest BCUT2D eigenvalue weighted by molar-refractivity contribution is 8.13.